The van der Waals surface area contributed by atoms with Gasteiger partial charge in [-0.05, 0) is 51.6 Å². The minimum Gasteiger partial charge on any atom is -0.483 e. The highest BCUT2D eigenvalue weighted by Crippen LogP contribution is 2.36. The number of aryl methyl sites for hydroxylation is 1. The molecule has 5 rings (SSSR count). The molecule has 0 amide bonds. The summed E-state index contributed by atoms with van der Waals surface area (Å²) in [5.41, 5.74) is 2.28. The highest BCUT2D eigenvalue weighted by molar-refractivity contribution is 6.08. The van der Waals surface area contributed by atoms with Crippen LogP contribution in [0.1, 0.15) is 17.5 Å². The molecular formula is C24H18FNO3. The summed E-state index contributed by atoms with van der Waals surface area (Å²) in [6, 6.07) is 20.2. The monoisotopic (exact) mass is 387 g/mol. The molecule has 1 atom stereocenters. The summed E-state index contributed by atoms with van der Waals surface area (Å²) in [6.07, 6.45) is 1.96. The lowest BCUT2D eigenvalue weighted by atomic mass is 9.85. The van der Waals surface area contributed by atoms with E-state index < -0.39 is 10.7 Å². The van der Waals surface area contributed by atoms with Crippen LogP contribution in [0.4, 0.5) is 10.1 Å². The number of hydrogen-bond acceptors (Lipinski definition) is 3. The van der Waals surface area contributed by atoms with Crippen LogP contribution in [0.25, 0.3) is 21.5 Å². The van der Waals surface area contributed by atoms with Crippen molar-refractivity contribution < 1.29 is 14.1 Å². The Kier molecular flexibility index (Phi) is 4.16. The van der Waals surface area contributed by atoms with Crippen molar-refractivity contribution in [2.45, 2.75) is 25.4 Å². The smallest absolute Gasteiger partial charge is 0.311 e. The maximum absolute atomic E-state index is 13.7. The van der Waals surface area contributed by atoms with E-state index in [1.807, 2.05) is 12.1 Å². The Balaban J connectivity index is 1.54. The lowest BCUT2D eigenvalue weighted by Crippen LogP contribution is -2.25. The summed E-state index contributed by atoms with van der Waals surface area (Å²) < 4.78 is 19.6. The van der Waals surface area contributed by atoms with Crippen LogP contribution >= 0.6 is 0 Å². The lowest BCUT2D eigenvalue weighted by Gasteiger charge is -2.27. The van der Waals surface area contributed by atoms with Gasteiger partial charge in [0.2, 0.25) is 0 Å². The molecule has 144 valence electrons. The first-order chi connectivity index (χ1) is 14.1. The summed E-state index contributed by atoms with van der Waals surface area (Å²) in [4.78, 5) is 10.7. The van der Waals surface area contributed by atoms with Crippen molar-refractivity contribution in [3.63, 3.8) is 0 Å². The van der Waals surface area contributed by atoms with E-state index in [1.165, 1.54) is 32.7 Å². The van der Waals surface area contributed by atoms with E-state index >= 15 is 0 Å². The quantitative estimate of drug-likeness (QED) is 0.247. The Hall–Kier alpha value is -3.47. The first-order valence-corrected chi connectivity index (χ1v) is 9.63. The van der Waals surface area contributed by atoms with Crippen LogP contribution in [-0.4, -0.2) is 11.0 Å². The van der Waals surface area contributed by atoms with Crippen molar-refractivity contribution in [2.75, 3.05) is 0 Å². The fourth-order valence-corrected chi connectivity index (χ4v) is 4.33. The number of rotatable bonds is 3. The average molecular weight is 387 g/mol. The SMILES string of the molecule is O=[N+]([O-])c1ccc(F)cc1O[C@@H]1CCc2ccc3c(ccc4ccccc43)c2C1. The molecule has 0 heterocycles. The molecule has 0 saturated carbocycles. The van der Waals surface area contributed by atoms with Crippen LogP contribution in [0.15, 0.2) is 66.7 Å². The van der Waals surface area contributed by atoms with Crippen LogP contribution in [0, 0.1) is 15.9 Å². The molecule has 1 aliphatic rings. The van der Waals surface area contributed by atoms with Crippen molar-refractivity contribution in [2.24, 2.45) is 0 Å². The number of halogens is 1. The van der Waals surface area contributed by atoms with E-state index in [4.69, 9.17) is 4.74 Å². The van der Waals surface area contributed by atoms with Gasteiger partial charge in [0.25, 0.3) is 0 Å². The van der Waals surface area contributed by atoms with E-state index in [1.54, 1.807) is 0 Å². The second-order valence-electron chi connectivity index (χ2n) is 7.44. The molecule has 0 bridgehead atoms. The van der Waals surface area contributed by atoms with Gasteiger partial charge in [0.1, 0.15) is 11.9 Å². The van der Waals surface area contributed by atoms with E-state index in [-0.39, 0.29) is 17.5 Å². The minimum atomic E-state index is -0.543. The van der Waals surface area contributed by atoms with Crippen LogP contribution in [0.5, 0.6) is 5.75 Å². The summed E-state index contributed by atoms with van der Waals surface area (Å²) in [6.45, 7) is 0. The van der Waals surface area contributed by atoms with Gasteiger partial charge in [-0.15, -0.1) is 0 Å². The van der Waals surface area contributed by atoms with Crippen molar-refractivity contribution in [1.29, 1.82) is 0 Å². The van der Waals surface area contributed by atoms with Gasteiger partial charge < -0.3 is 4.74 Å². The Morgan fingerprint density at radius 3 is 2.66 bits per heavy atom. The molecule has 4 aromatic rings. The van der Waals surface area contributed by atoms with E-state index in [2.05, 4.69) is 36.4 Å². The molecular weight excluding hydrogens is 369 g/mol. The summed E-state index contributed by atoms with van der Waals surface area (Å²) in [7, 11) is 0. The highest BCUT2D eigenvalue weighted by atomic mass is 19.1. The number of ether oxygens (including phenoxy) is 1. The first-order valence-electron chi connectivity index (χ1n) is 9.63. The maximum atomic E-state index is 13.7. The topological polar surface area (TPSA) is 52.4 Å². The third kappa shape index (κ3) is 3.09. The predicted molar refractivity (Wildman–Crippen MR) is 111 cm³/mol. The van der Waals surface area contributed by atoms with Gasteiger partial charge in [-0.2, -0.15) is 0 Å². The second-order valence-corrected chi connectivity index (χ2v) is 7.44. The fraction of sp³-hybridized carbons (Fsp3) is 0.167. The maximum Gasteiger partial charge on any atom is 0.311 e. The standard InChI is InChI=1S/C24H18FNO3/c25-17-8-12-23(26(27)28)24(13-17)29-18-9-5-16-7-10-20-19-4-2-1-3-15(19)6-11-21(20)22(16)14-18/h1-4,6-8,10-13,18H,5,9,14H2/t18-/m1/s1. The molecule has 29 heavy (non-hydrogen) atoms. The van der Waals surface area contributed by atoms with Gasteiger partial charge in [0.05, 0.1) is 4.92 Å². The zero-order chi connectivity index (χ0) is 20.0. The Bertz CT molecular complexity index is 1270. The van der Waals surface area contributed by atoms with Gasteiger partial charge in [-0.1, -0.05) is 48.5 Å². The van der Waals surface area contributed by atoms with E-state index in [0.717, 1.165) is 31.0 Å². The summed E-state index contributed by atoms with van der Waals surface area (Å²) in [5.74, 6) is -0.548. The molecule has 1 aliphatic carbocycles. The zero-order valence-electron chi connectivity index (χ0n) is 15.6. The molecule has 0 radical (unpaired) electrons. The molecule has 0 unspecified atom stereocenters. The van der Waals surface area contributed by atoms with Crippen molar-refractivity contribution in [3.05, 3.63) is 93.8 Å². The molecule has 0 aromatic heterocycles. The number of nitro groups is 1. The summed E-state index contributed by atoms with van der Waals surface area (Å²) in [5, 5.41) is 16.1. The minimum absolute atomic E-state index is 0.00543. The average Bonchev–Trinajstić information content (AvgIpc) is 2.73. The number of hydrogen-bond donors (Lipinski definition) is 0. The van der Waals surface area contributed by atoms with E-state index in [9.17, 15) is 14.5 Å². The third-order valence-electron chi connectivity index (χ3n) is 5.71. The number of nitrogens with zero attached hydrogens (tertiary/aromatic N) is 1. The van der Waals surface area contributed by atoms with Crippen LogP contribution in [0.2, 0.25) is 0 Å². The van der Waals surface area contributed by atoms with Crippen molar-refractivity contribution in [3.8, 4) is 5.75 Å². The van der Waals surface area contributed by atoms with Gasteiger partial charge >= 0.3 is 5.69 Å². The molecule has 4 aromatic carbocycles. The molecule has 0 fully saturated rings. The molecule has 0 N–H and O–H groups in total. The molecule has 4 nitrogen and oxygen atoms in total. The third-order valence-corrected chi connectivity index (χ3v) is 5.71. The number of benzene rings is 4. The zero-order valence-corrected chi connectivity index (χ0v) is 15.6. The van der Waals surface area contributed by atoms with Gasteiger partial charge in [0.15, 0.2) is 5.75 Å². The molecule has 0 saturated heterocycles. The van der Waals surface area contributed by atoms with Gasteiger partial charge in [-0.25, -0.2) is 4.39 Å². The predicted octanol–water partition coefficient (Wildman–Crippen LogP) is 5.98. The van der Waals surface area contributed by atoms with Gasteiger partial charge in [-0.3, -0.25) is 10.1 Å². The van der Waals surface area contributed by atoms with Gasteiger partial charge in [0, 0.05) is 18.6 Å². The Morgan fingerprint density at radius 2 is 1.79 bits per heavy atom. The van der Waals surface area contributed by atoms with Crippen LogP contribution in [-0.2, 0) is 12.8 Å². The lowest BCUT2D eigenvalue weighted by molar-refractivity contribution is -0.386. The number of nitro benzene ring substituents is 1. The normalized spacial score (nSPS) is 16.0. The van der Waals surface area contributed by atoms with Crippen molar-refractivity contribution >= 4 is 27.2 Å². The second kappa shape index (κ2) is 6.85. The summed E-state index contributed by atoms with van der Waals surface area (Å²) >= 11 is 0. The largest absolute Gasteiger partial charge is 0.483 e. The molecule has 5 heteroatoms. The van der Waals surface area contributed by atoms with Crippen LogP contribution in [0.3, 0.4) is 0 Å². The fourth-order valence-electron chi connectivity index (χ4n) is 4.33. The Labute approximate surface area is 166 Å². The van der Waals surface area contributed by atoms with Crippen LogP contribution < -0.4 is 4.74 Å². The Morgan fingerprint density at radius 1 is 0.966 bits per heavy atom. The number of fused-ring (bicyclic) bond motifs is 5. The van der Waals surface area contributed by atoms with Crippen molar-refractivity contribution in [1.82, 2.24) is 0 Å². The first kappa shape index (κ1) is 17.6. The molecule has 0 aliphatic heterocycles. The highest BCUT2D eigenvalue weighted by Gasteiger charge is 2.25. The van der Waals surface area contributed by atoms with E-state index in [0.29, 0.717) is 6.42 Å². The molecule has 0 spiro atoms.